The predicted molar refractivity (Wildman–Crippen MR) is 74.8 cm³/mol. The third kappa shape index (κ3) is 4.78. The fraction of sp³-hybridized carbons (Fsp3) is 0.364. The molecule has 102 valence electrons. The van der Waals surface area contributed by atoms with Crippen molar-refractivity contribution in [3.63, 3.8) is 0 Å². The minimum absolute atomic E-state index is 0.120. The standard InChI is InChI=1S/C11H15N5O2S/c17-10-2-1-9(12-8-10)7-13-14-11(19)15-16-3-5-18-6-4-16/h1-2,7-8,17H,3-6H2,(H2,14,15,19). The van der Waals surface area contributed by atoms with Crippen molar-refractivity contribution in [3.8, 4) is 5.75 Å². The van der Waals surface area contributed by atoms with Crippen molar-refractivity contribution in [1.29, 1.82) is 0 Å². The summed E-state index contributed by atoms with van der Waals surface area (Å²) in [5, 5.41) is 15.4. The topological polar surface area (TPSA) is 82.0 Å². The van der Waals surface area contributed by atoms with Crippen molar-refractivity contribution in [2.75, 3.05) is 26.3 Å². The van der Waals surface area contributed by atoms with Crippen molar-refractivity contribution < 1.29 is 9.84 Å². The average molecular weight is 281 g/mol. The van der Waals surface area contributed by atoms with Crippen LogP contribution in [0, 0.1) is 0 Å². The highest BCUT2D eigenvalue weighted by Crippen LogP contribution is 2.03. The molecule has 0 aromatic carbocycles. The molecule has 0 saturated carbocycles. The van der Waals surface area contributed by atoms with Crippen LogP contribution in [0.1, 0.15) is 5.69 Å². The molecular formula is C11H15N5O2S. The molecule has 0 atom stereocenters. The van der Waals surface area contributed by atoms with Crippen LogP contribution in [0.5, 0.6) is 5.75 Å². The molecule has 0 spiro atoms. The van der Waals surface area contributed by atoms with Gasteiger partial charge in [0.2, 0.25) is 5.11 Å². The van der Waals surface area contributed by atoms with Gasteiger partial charge in [-0.25, -0.2) is 5.01 Å². The number of hydrazone groups is 1. The molecule has 0 aliphatic carbocycles. The van der Waals surface area contributed by atoms with Crippen molar-refractivity contribution in [1.82, 2.24) is 20.8 Å². The Kier molecular flexibility index (Phi) is 5.01. The lowest BCUT2D eigenvalue weighted by Gasteiger charge is -2.27. The Bertz CT molecular complexity index is 445. The monoisotopic (exact) mass is 281 g/mol. The molecule has 1 aromatic heterocycles. The van der Waals surface area contributed by atoms with Gasteiger partial charge in [-0.05, 0) is 24.4 Å². The first-order valence-corrected chi connectivity index (χ1v) is 6.22. The number of nitrogens with zero attached hydrogens (tertiary/aromatic N) is 3. The summed E-state index contributed by atoms with van der Waals surface area (Å²) in [5.41, 5.74) is 6.34. The third-order valence-electron chi connectivity index (χ3n) is 2.40. The molecule has 0 unspecified atom stereocenters. The van der Waals surface area contributed by atoms with Crippen LogP contribution in [-0.2, 0) is 4.74 Å². The number of rotatable bonds is 3. The van der Waals surface area contributed by atoms with E-state index in [2.05, 4.69) is 20.9 Å². The summed E-state index contributed by atoms with van der Waals surface area (Å²) in [6.07, 6.45) is 2.87. The fourth-order valence-corrected chi connectivity index (χ4v) is 1.66. The number of aromatic nitrogens is 1. The number of hydrazine groups is 1. The van der Waals surface area contributed by atoms with Crippen molar-refractivity contribution in [2.45, 2.75) is 0 Å². The van der Waals surface area contributed by atoms with Crippen LogP contribution in [0.4, 0.5) is 0 Å². The molecule has 1 aliphatic heterocycles. The van der Waals surface area contributed by atoms with Gasteiger partial charge < -0.3 is 9.84 Å². The van der Waals surface area contributed by atoms with Gasteiger partial charge in [0.1, 0.15) is 5.75 Å². The van der Waals surface area contributed by atoms with E-state index in [1.165, 1.54) is 12.4 Å². The van der Waals surface area contributed by atoms with E-state index < -0.39 is 0 Å². The maximum atomic E-state index is 9.08. The van der Waals surface area contributed by atoms with Crippen molar-refractivity contribution >= 4 is 23.5 Å². The average Bonchev–Trinajstić information content (AvgIpc) is 2.42. The van der Waals surface area contributed by atoms with Gasteiger partial charge in [0.05, 0.1) is 31.3 Å². The van der Waals surface area contributed by atoms with Crippen LogP contribution >= 0.6 is 12.2 Å². The molecule has 1 aromatic rings. The molecule has 19 heavy (non-hydrogen) atoms. The van der Waals surface area contributed by atoms with Crippen LogP contribution in [-0.4, -0.2) is 52.7 Å². The number of hydrogen-bond donors (Lipinski definition) is 3. The van der Waals surface area contributed by atoms with Crippen LogP contribution in [0.15, 0.2) is 23.4 Å². The first kappa shape index (κ1) is 13.7. The van der Waals surface area contributed by atoms with E-state index in [0.29, 0.717) is 24.0 Å². The number of thiocarbonyl (C=S) groups is 1. The predicted octanol–water partition coefficient (Wildman–Crippen LogP) is -0.168. The van der Waals surface area contributed by atoms with Gasteiger partial charge in [-0.1, -0.05) is 0 Å². The van der Waals surface area contributed by atoms with E-state index in [0.717, 1.165) is 13.1 Å². The highest BCUT2D eigenvalue weighted by Gasteiger charge is 2.10. The molecule has 0 bridgehead atoms. The van der Waals surface area contributed by atoms with E-state index in [4.69, 9.17) is 22.1 Å². The minimum atomic E-state index is 0.120. The zero-order valence-corrected chi connectivity index (χ0v) is 11.1. The second-order valence-corrected chi connectivity index (χ2v) is 4.26. The molecule has 2 heterocycles. The molecule has 7 nitrogen and oxygen atoms in total. The number of morpholine rings is 1. The number of hydrogen-bond acceptors (Lipinski definition) is 6. The zero-order valence-electron chi connectivity index (χ0n) is 10.2. The summed E-state index contributed by atoms with van der Waals surface area (Å²) in [6, 6.07) is 3.19. The van der Waals surface area contributed by atoms with E-state index in [-0.39, 0.29) is 5.75 Å². The van der Waals surface area contributed by atoms with Gasteiger partial charge >= 0.3 is 0 Å². The Hall–Kier alpha value is -1.77. The largest absolute Gasteiger partial charge is 0.506 e. The Labute approximate surface area is 116 Å². The Morgan fingerprint density at radius 2 is 2.26 bits per heavy atom. The molecule has 1 aliphatic rings. The van der Waals surface area contributed by atoms with Gasteiger partial charge in [-0.2, -0.15) is 5.10 Å². The summed E-state index contributed by atoms with van der Waals surface area (Å²) in [4.78, 5) is 3.96. The molecule has 3 N–H and O–H groups in total. The quantitative estimate of drug-likeness (QED) is 0.403. The Balaban J connectivity index is 1.74. The first-order chi connectivity index (χ1) is 9.24. The number of aromatic hydroxyl groups is 1. The van der Waals surface area contributed by atoms with Gasteiger partial charge in [0, 0.05) is 13.1 Å². The van der Waals surface area contributed by atoms with E-state index in [1.54, 1.807) is 12.1 Å². The third-order valence-corrected chi connectivity index (χ3v) is 2.59. The molecule has 1 saturated heterocycles. The highest BCUT2D eigenvalue weighted by atomic mass is 32.1. The molecule has 1 fully saturated rings. The lowest BCUT2D eigenvalue weighted by molar-refractivity contribution is 0.0247. The summed E-state index contributed by atoms with van der Waals surface area (Å²) >= 11 is 5.09. The lowest BCUT2D eigenvalue weighted by atomic mass is 10.4. The molecule has 8 heteroatoms. The van der Waals surface area contributed by atoms with Crippen LogP contribution in [0.25, 0.3) is 0 Å². The highest BCUT2D eigenvalue weighted by molar-refractivity contribution is 7.80. The van der Waals surface area contributed by atoms with Gasteiger partial charge in [-0.15, -0.1) is 0 Å². The van der Waals surface area contributed by atoms with Crippen LogP contribution < -0.4 is 10.9 Å². The summed E-state index contributed by atoms with van der Waals surface area (Å²) in [7, 11) is 0. The summed E-state index contributed by atoms with van der Waals surface area (Å²) in [6.45, 7) is 2.95. The van der Waals surface area contributed by atoms with Crippen molar-refractivity contribution in [2.24, 2.45) is 5.10 Å². The second kappa shape index (κ2) is 6.98. The zero-order chi connectivity index (χ0) is 13.5. The maximum absolute atomic E-state index is 9.08. The molecular weight excluding hydrogens is 266 g/mol. The SMILES string of the molecule is Oc1ccc(C=NNC(=S)NN2CCOCC2)nc1. The number of pyridine rings is 1. The molecule has 0 amide bonds. The van der Waals surface area contributed by atoms with Crippen LogP contribution in [0.3, 0.4) is 0 Å². The summed E-state index contributed by atoms with van der Waals surface area (Å²) < 4.78 is 5.23. The maximum Gasteiger partial charge on any atom is 0.201 e. The smallest absolute Gasteiger partial charge is 0.201 e. The first-order valence-electron chi connectivity index (χ1n) is 5.81. The van der Waals surface area contributed by atoms with Gasteiger partial charge in [-0.3, -0.25) is 15.8 Å². The van der Waals surface area contributed by atoms with Crippen LogP contribution in [0.2, 0.25) is 0 Å². The van der Waals surface area contributed by atoms with E-state index >= 15 is 0 Å². The van der Waals surface area contributed by atoms with Gasteiger partial charge in [0.15, 0.2) is 0 Å². The normalized spacial score (nSPS) is 16.4. The fourth-order valence-electron chi connectivity index (χ4n) is 1.47. The van der Waals surface area contributed by atoms with E-state index in [9.17, 15) is 0 Å². The molecule has 2 rings (SSSR count). The summed E-state index contributed by atoms with van der Waals surface area (Å²) in [5.74, 6) is 0.120. The number of nitrogens with one attached hydrogen (secondary N) is 2. The van der Waals surface area contributed by atoms with Crippen molar-refractivity contribution in [3.05, 3.63) is 24.0 Å². The molecule has 0 radical (unpaired) electrons. The Morgan fingerprint density at radius 3 is 2.95 bits per heavy atom. The van der Waals surface area contributed by atoms with E-state index in [1.807, 2.05) is 5.01 Å². The van der Waals surface area contributed by atoms with Gasteiger partial charge in [0.25, 0.3) is 0 Å². The number of ether oxygens (including phenoxy) is 1. The Morgan fingerprint density at radius 1 is 1.47 bits per heavy atom. The second-order valence-electron chi connectivity index (χ2n) is 3.85. The minimum Gasteiger partial charge on any atom is -0.506 e. The lowest BCUT2D eigenvalue weighted by Crippen LogP contribution is -2.50.